The van der Waals surface area contributed by atoms with Crippen LogP contribution in [0.4, 0.5) is 0 Å². The summed E-state index contributed by atoms with van der Waals surface area (Å²) >= 11 is 6.06. The Morgan fingerprint density at radius 1 is 1.00 bits per heavy atom. The lowest BCUT2D eigenvalue weighted by atomic mass is 10.0. The molecular weight excluding hydrogens is 378 g/mol. The fourth-order valence-corrected chi connectivity index (χ4v) is 2.89. The largest absolute Gasteiger partial charge is 0.355 e. The van der Waals surface area contributed by atoms with Crippen LogP contribution in [0.1, 0.15) is 40.1 Å². The zero-order valence-electron chi connectivity index (χ0n) is 16.1. The topological polar surface area (TPSA) is 87.3 Å². The number of hydrogen-bond acceptors (Lipinski definition) is 3. The second-order valence-corrected chi connectivity index (χ2v) is 7.08. The van der Waals surface area contributed by atoms with Crippen molar-refractivity contribution >= 4 is 29.3 Å². The third kappa shape index (κ3) is 5.57. The molecule has 2 rings (SSSR count). The number of benzene rings is 2. The Morgan fingerprint density at radius 3 is 2.36 bits per heavy atom. The van der Waals surface area contributed by atoms with Gasteiger partial charge in [0, 0.05) is 19.2 Å². The first-order chi connectivity index (χ1) is 13.3. The number of halogens is 1. The Morgan fingerprint density at radius 2 is 1.71 bits per heavy atom. The Hall–Kier alpha value is -2.86. The first kappa shape index (κ1) is 21.4. The molecule has 0 spiro atoms. The van der Waals surface area contributed by atoms with E-state index < -0.39 is 11.9 Å². The lowest BCUT2D eigenvalue weighted by Crippen LogP contribution is -2.49. The molecule has 1 unspecified atom stereocenters. The van der Waals surface area contributed by atoms with E-state index in [9.17, 15) is 14.4 Å². The average molecular weight is 402 g/mol. The van der Waals surface area contributed by atoms with E-state index in [1.807, 2.05) is 19.9 Å². The Labute approximate surface area is 169 Å². The molecule has 0 aliphatic rings. The van der Waals surface area contributed by atoms with Crippen molar-refractivity contribution in [3.8, 4) is 0 Å². The van der Waals surface area contributed by atoms with Gasteiger partial charge < -0.3 is 16.0 Å². The van der Waals surface area contributed by atoms with Crippen molar-refractivity contribution < 1.29 is 14.4 Å². The second kappa shape index (κ2) is 9.90. The van der Waals surface area contributed by atoms with Crippen LogP contribution < -0.4 is 16.0 Å². The molecule has 3 amide bonds. The van der Waals surface area contributed by atoms with Crippen LogP contribution >= 0.6 is 11.6 Å². The van der Waals surface area contributed by atoms with E-state index >= 15 is 0 Å². The predicted octanol–water partition coefficient (Wildman–Crippen LogP) is 2.77. The summed E-state index contributed by atoms with van der Waals surface area (Å²) in [5.41, 5.74) is 1.62. The zero-order valence-corrected chi connectivity index (χ0v) is 16.8. The molecule has 7 heteroatoms. The van der Waals surface area contributed by atoms with Crippen LogP contribution in [-0.2, 0) is 11.3 Å². The number of nitrogens with one attached hydrogen (secondary N) is 3. The summed E-state index contributed by atoms with van der Waals surface area (Å²) in [7, 11) is 1.56. The molecule has 0 radical (unpaired) electrons. The summed E-state index contributed by atoms with van der Waals surface area (Å²) in [6, 6.07) is 13.0. The molecule has 148 valence electrons. The number of carbonyl (C=O) groups is 3. The molecule has 0 aliphatic heterocycles. The minimum Gasteiger partial charge on any atom is -0.355 e. The minimum atomic E-state index is -0.717. The molecule has 0 heterocycles. The van der Waals surface area contributed by atoms with Crippen molar-refractivity contribution in [2.75, 3.05) is 7.05 Å². The normalized spacial score (nSPS) is 11.6. The summed E-state index contributed by atoms with van der Waals surface area (Å²) in [5, 5.41) is 8.46. The van der Waals surface area contributed by atoms with Gasteiger partial charge in [-0.15, -0.1) is 0 Å². The van der Waals surface area contributed by atoms with E-state index in [-0.39, 0.29) is 24.3 Å². The van der Waals surface area contributed by atoms with E-state index in [2.05, 4.69) is 16.0 Å². The third-order valence-corrected chi connectivity index (χ3v) is 4.57. The van der Waals surface area contributed by atoms with Crippen LogP contribution in [0.25, 0.3) is 0 Å². The van der Waals surface area contributed by atoms with Gasteiger partial charge in [0.1, 0.15) is 6.04 Å². The summed E-state index contributed by atoms with van der Waals surface area (Å²) in [4.78, 5) is 36.9. The fourth-order valence-electron chi connectivity index (χ4n) is 2.67. The highest BCUT2D eigenvalue weighted by molar-refractivity contribution is 6.33. The van der Waals surface area contributed by atoms with Crippen molar-refractivity contribution in [3.05, 3.63) is 70.2 Å². The highest BCUT2D eigenvalue weighted by Gasteiger charge is 2.25. The van der Waals surface area contributed by atoms with Crippen LogP contribution in [0, 0.1) is 5.92 Å². The molecule has 0 fully saturated rings. The van der Waals surface area contributed by atoms with Gasteiger partial charge in [0.15, 0.2) is 0 Å². The van der Waals surface area contributed by atoms with Crippen molar-refractivity contribution in [2.24, 2.45) is 5.92 Å². The maximum absolute atomic E-state index is 12.6. The third-order valence-electron chi connectivity index (χ3n) is 4.24. The molecule has 0 aliphatic carbocycles. The highest BCUT2D eigenvalue weighted by atomic mass is 35.5. The smallest absolute Gasteiger partial charge is 0.253 e. The van der Waals surface area contributed by atoms with Gasteiger partial charge in [-0.25, -0.2) is 0 Å². The van der Waals surface area contributed by atoms with E-state index in [0.717, 1.165) is 5.56 Å². The van der Waals surface area contributed by atoms with Crippen LogP contribution in [0.15, 0.2) is 48.5 Å². The predicted molar refractivity (Wildman–Crippen MR) is 109 cm³/mol. The maximum atomic E-state index is 12.6. The molecule has 0 saturated heterocycles. The van der Waals surface area contributed by atoms with Gasteiger partial charge in [0.25, 0.3) is 11.8 Å². The monoisotopic (exact) mass is 401 g/mol. The van der Waals surface area contributed by atoms with Crippen LogP contribution in [-0.4, -0.2) is 30.8 Å². The van der Waals surface area contributed by atoms with Gasteiger partial charge in [0.2, 0.25) is 5.91 Å². The SMILES string of the molecule is CNC(=O)c1cccc(CNC(=O)C(NC(=O)c2ccccc2Cl)C(C)C)c1. The fraction of sp³-hybridized carbons (Fsp3) is 0.286. The number of carbonyl (C=O) groups excluding carboxylic acids is 3. The Balaban J connectivity index is 2.04. The average Bonchev–Trinajstić information content (AvgIpc) is 2.69. The molecule has 0 aromatic heterocycles. The summed E-state index contributed by atoms with van der Waals surface area (Å²) in [5.74, 6) is -1.02. The van der Waals surface area contributed by atoms with Crippen LogP contribution in [0.3, 0.4) is 0 Å². The minimum absolute atomic E-state index is 0.122. The summed E-state index contributed by atoms with van der Waals surface area (Å²) in [6.07, 6.45) is 0. The number of hydrogen-bond donors (Lipinski definition) is 3. The van der Waals surface area contributed by atoms with Gasteiger partial charge in [-0.2, -0.15) is 0 Å². The van der Waals surface area contributed by atoms with E-state index in [1.54, 1.807) is 49.5 Å². The van der Waals surface area contributed by atoms with Crippen molar-refractivity contribution in [1.82, 2.24) is 16.0 Å². The Kier molecular flexibility index (Phi) is 7.58. The molecule has 1 atom stereocenters. The van der Waals surface area contributed by atoms with Crippen molar-refractivity contribution in [2.45, 2.75) is 26.4 Å². The summed E-state index contributed by atoms with van der Waals surface area (Å²) < 4.78 is 0. The van der Waals surface area contributed by atoms with Crippen LogP contribution in [0.2, 0.25) is 5.02 Å². The van der Waals surface area contributed by atoms with Gasteiger partial charge in [-0.1, -0.05) is 49.7 Å². The molecule has 0 bridgehead atoms. The van der Waals surface area contributed by atoms with Gasteiger partial charge in [0.05, 0.1) is 10.6 Å². The zero-order chi connectivity index (χ0) is 20.7. The molecule has 2 aromatic rings. The van der Waals surface area contributed by atoms with Crippen LogP contribution in [0.5, 0.6) is 0 Å². The standard InChI is InChI=1S/C21H24ClN3O3/c1-13(2)18(25-20(27)16-9-4-5-10-17(16)22)21(28)24-12-14-7-6-8-15(11-14)19(26)23-3/h4-11,13,18H,12H2,1-3H3,(H,23,26)(H,24,28)(H,25,27). The first-order valence-electron chi connectivity index (χ1n) is 8.97. The molecule has 6 nitrogen and oxygen atoms in total. The highest BCUT2D eigenvalue weighted by Crippen LogP contribution is 2.15. The van der Waals surface area contributed by atoms with E-state index in [4.69, 9.17) is 11.6 Å². The van der Waals surface area contributed by atoms with Crippen molar-refractivity contribution in [1.29, 1.82) is 0 Å². The lowest BCUT2D eigenvalue weighted by Gasteiger charge is -2.22. The molecule has 3 N–H and O–H groups in total. The maximum Gasteiger partial charge on any atom is 0.253 e. The first-order valence-corrected chi connectivity index (χ1v) is 9.35. The van der Waals surface area contributed by atoms with Gasteiger partial charge in [-0.3, -0.25) is 14.4 Å². The number of amides is 3. The lowest BCUT2D eigenvalue weighted by molar-refractivity contribution is -0.124. The van der Waals surface area contributed by atoms with Gasteiger partial charge >= 0.3 is 0 Å². The van der Waals surface area contributed by atoms with Crippen molar-refractivity contribution in [3.63, 3.8) is 0 Å². The van der Waals surface area contributed by atoms with Gasteiger partial charge in [-0.05, 0) is 35.7 Å². The number of rotatable bonds is 7. The second-order valence-electron chi connectivity index (χ2n) is 6.67. The quantitative estimate of drug-likeness (QED) is 0.666. The molecule has 0 saturated carbocycles. The molecular formula is C21H24ClN3O3. The Bertz CT molecular complexity index is 867. The summed E-state index contributed by atoms with van der Waals surface area (Å²) in [6.45, 7) is 3.95. The molecule has 28 heavy (non-hydrogen) atoms. The van der Waals surface area contributed by atoms with E-state index in [1.165, 1.54) is 0 Å². The molecule has 2 aromatic carbocycles. The van der Waals surface area contributed by atoms with E-state index in [0.29, 0.717) is 16.1 Å².